The van der Waals surface area contributed by atoms with Gasteiger partial charge in [-0.05, 0) is 36.3 Å². The number of carboxylic acid groups (broad SMARTS) is 1. The van der Waals surface area contributed by atoms with Gasteiger partial charge in [-0.1, -0.05) is 45.9 Å². The molecule has 0 aliphatic carbocycles. The molecule has 4 unspecified atom stereocenters. The topological polar surface area (TPSA) is 209 Å². The van der Waals surface area contributed by atoms with Crippen molar-refractivity contribution >= 4 is 40.5 Å². The van der Waals surface area contributed by atoms with E-state index in [-0.39, 0.29) is 37.5 Å². The highest BCUT2D eigenvalue weighted by molar-refractivity contribution is 5.94. The number of primary amides is 1. The van der Waals surface area contributed by atoms with Crippen LogP contribution in [0.25, 0.3) is 10.9 Å². The Hall–Kier alpha value is -3.93. The predicted molar refractivity (Wildman–Crippen MR) is 146 cm³/mol. The molecule has 0 bridgehead atoms. The molecule has 2 rings (SSSR count). The second-order valence-electron chi connectivity index (χ2n) is 10.5. The zero-order valence-corrected chi connectivity index (χ0v) is 22.8. The maximum Gasteiger partial charge on any atom is 0.326 e. The normalized spacial score (nSPS) is 14.4. The van der Waals surface area contributed by atoms with Crippen molar-refractivity contribution in [2.45, 2.75) is 77.5 Å². The van der Waals surface area contributed by atoms with Crippen molar-refractivity contribution in [3.8, 4) is 0 Å². The van der Waals surface area contributed by atoms with Crippen LogP contribution in [0, 0.1) is 11.8 Å². The van der Waals surface area contributed by atoms with Crippen molar-refractivity contribution < 1.29 is 29.1 Å². The number of hydrogen-bond donors (Lipinski definition) is 7. The average molecular weight is 545 g/mol. The number of nitrogens with one attached hydrogen (secondary N) is 4. The number of hydrogen-bond acceptors (Lipinski definition) is 6. The summed E-state index contributed by atoms with van der Waals surface area (Å²) in [5, 5.41) is 18.4. The van der Waals surface area contributed by atoms with Gasteiger partial charge in [0, 0.05) is 29.9 Å². The van der Waals surface area contributed by atoms with Gasteiger partial charge < -0.3 is 37.5 Å². The molecule has 12 heteroatoms. The maximum atomic E-state index is 13.3. The number of carboxylic acids is 1. The van der Waals surface area contributed by atoms with Gasteiger partial charge in [-0.2, -0.15) is 0 Å². The molecule has 4 amide bonds. The number of aliphatic carboxylic acids is 1. The number of para-hydroxylation sites is 1. The van der Waals surface area contributed by atoms with E-state index in [2.05, 4.69) is 20.9 Å². The molecule has 1 heterocycles. The lowest BCUT2D eigenvalue weighted by molar-refractivity contribution is -0.142. The van der Waals surface area contributed by atoms with E-state index in [0.29, 0.717) is 0 Å². The van der Waals surface area contributed by atoms with Crippen LogP contribution in [0.4, 0.5) is 0 Å². The van der Waals surface area contributed by atoms with Crippen molar-refractivity contribution in [3.05, 3.63) is 36.0 Å². The molecule has 0 radical (unpaired) electrons. The smallest absolute Gasteiger partial charge is 0.326 e. The van der Waals surface area contributed by atoms with Gasteiger partial charge in [-0.25, -0.2) is 4.79 Å². The molecule has 0 spiro atoms. The van der Waals surface area contributed by atoms with Crippen LogP contribution < -0.4 is 27.4 Å². The Balaban J connectivity index is 2.20. The van der Waals surface area contributed by atoms with Gasteiger partial charge in [0.25, 0.3) is 0 Å². The summed E-state index contributed by atoms with van der Waals surface area (Å²) in [7, 11) is 0. The molecule has 12 nitrogen and oxygen atoms in total. The molecule has 0 saturated heterocycles. The Morgan fingerprint density at radius 3 is 2.08 bits per heavy atom. The number of aromatic amines is 1. The largest absolute Gasteiger partial charge is 0.480 e. The minimum atomic E-state index is -1.25. The summed E-state index contributed by atoms with van der Waals surface area (Å²) in [6, 6.07) is 3.02. The molecule has 2 aromatic rings. The summed E-state index contributed by atoms with van der Waals surface area (Å²) >= 11 is 0. The third-order valence-corrected chi connectivity index (χ3v) is 6.39. The van der Waals surface area contributed by atoms with Crippen molar-refractivity contribution in [1.29, 1.82) is 0 Å². The molecule has 0 aliphatic rings. The fourth-order valence-electron chi connectivity index (χ4n) is 4.09. The second-order valence-corrected chi connectivity index (χ2v) is 10.5. The molecular weight excluding hydrogens is 504 g/mol. The van der Waals surface area contributed by atoms with Crippen molar-refractivity contribution in [3.63, 3.8) is 0 Å². The molecule has 214 valence electrons. The van der Waals surface area contributed by atoms with Crippen molar-refractivity contribution in [1.82, 2.24) is 20.9 Å². The first-order chi connectivity index (χ1) is 18.3. The lowest BCUT2D eigenvalue weighted by Crippen LogP contribution is -2.58. The lowest BCUT2D eigenvalue weighted by Gasteiger charge is -2.26. The number of H-pyrrole nitrogens is 1. The number of fused-ring (bicyclic) bond motifs is 1. The zero-order valence-electron chi connectivity index (χ0n) is 22.8. The van der Waals surface area contributed by atoms with Gasteiger partial charge in [-0.15, -0.1) is 0 Å². The Labute approximate surface area is 227 Å². The predicted octanol–water partition coefficient (Wildman–Crippen LogP) is 0.544. The molecule has 0 aliphatic heterocycles. The summed E-state index contributed by atoms with van der Waals surface area (Å²) in [4.78, 5) is 65.5. The van der Waals surface area contributed by atoms with Crippen LogP contribution in [0.5, 0.6) is 0 Å². The van der Waals surface area contributed by atoms with E-state index in [0.717, 1.165) is 16.5 Å². The third-order valence-electron chi connectivity index (χ3n) is 6.39. The van der Waals surface area contributed by atoms with Crippen molar-refractivity contribution in [2.24, 2.45) is 23.3 Å². The summed E-state index contributed by atoms with van der Waals surface area (Å²) in [6.07, 6.45) is 1.67. The summed E-state index contributed by atoms with van der Waals surface area (Å²) in [5.41, 5.74) is 12.7. The summed E-state index contributed by atoms with van der Waals surface area (Å²) in [6.45, 7) is 7.20. The van der Waals surface area contributed by atoms with E-state index in [1.807, 2.05) is 38.1 Å². The number of carbonyl (C=O) groups is 5. The fourth-order valence-corrected chi connectivity index (χ4v) is 4.09. The van der Waals surface area contributed by atoms with E-state index < -0.39 is 53.8 Å². The van der Waals surface area contributed by atoms with Crippen LogP contribution in [0.3, 0.4) is 0 Å². The molecule has 4 atom stereocenters. The van der Waals surface area contributed by atoms with Gasteiger partial charge in [0.2, 0.25) is 23.6 Å². The SMILES string of the molecule is CC(C)CC(NC(=O)C(CCC(N)=O)NC(=O)C(N)C(C)C)C(=O)NC(Cc1c[nH]c2ccccc12)C(=O)O. The van der Waals surface area contributed by atoms with Gasteiger partial charge in [-0.3, -0.25) is 19.2 Å². The Bertz CT molecular complexity index is 1180. The van der Waals surface area contributed by atoms with E-state index >= 15 is 0 Å². The minimum absolute atomic E-state index is 0.0256. The number of nitrogens with two attached hydrogens (primary N) is 2. The van der Waals surface area contributed by atoms with Gasteiger partial charge >= 0.3 is 5.97 Å². The van der Waals surface area contributed by atoms with Crippen LogP contribution in [0.15, 0.2) is 30.5 Å². The molecule has 0 fully saturated rings. The third kappa shape index (κ3) is 9.40. The molecular formula is C27H40N6O6. The number of carbonyl (C=O) groups excluding carboxylic acids is 4. The second kappa shape index (κ2) is 14.3. The zero-order chi connectivity index (χ0) is 29.3. The van der Waals surface area contributed by atoms with Crippen LogP contribution in [0.1, 0.15) is 52.5 Å². The van der Waals surface area contributed by atoms with Crippen LogP contribution in [-0.4, -0.2) is 63.9 Å². The number of amides is 4. The van der Waals surface area contributed by atoms with Gasteiger partial charge in [0.05, 0.1) is 6.04 Å². The first-order valence-corrected chi connectivity index (χ1v) is 13.0. The molecule has 9 N–H and O–H groups in total. The van der Waals surface area contributed by atoms with Gasteiger partial charge in [0.15, 0.2) is 0 Å². The molecule has 39 heavy (non-hydrogen) atoms. The standard InChI is InChI=1S/C27H40N6O6/c1-14(2)11-20(32-24(35)19(9-10-22(28)34)31-26(37)23(29)15(3)4)25(36)33-21(27(38)39)12-16-13-30-18-8-6-5-7-17(16)18/h5-8,13-15,19-21,23,30H,9-12,29H2,1-4H3,(H2,28,34)(H,31,37)(H,32,35)(H,33,36)(H,38,39). The Morgan fingerprint density at radius 2 is 1.49 bits per heavy atom. The van der Waals surface area contributed by atoms with Crippen LogP contribution in [-0.2, 0) is 30.4 Å². The first kappa shape index (κ1) is 31.3. The fraction of sp³-hybridized carbons (Fsp3) is 0.519. The molecule has 0 saturated carbocycles. The number of benzene rings is 1. The van der Waals surface area contributed by atoms with Gasteiger partial charge in [0.1, 0.15) is 18.1 Å². The highest BCUT2D eigenvalue weighted by Gasteiger charge is 2.31. The summed E-state index contributed by atoms with van der Waals surface area (Å²) < 4.78 is 0. The summed E-state index contributed by atoms with van der Waals surface area (Å²) in [5.74, 6) is -4.08. The van der Waals surface area contributed by atoms with Crippen molar-refractivity contribution in [2.75, 3.05) is 0 Å². The molecule has 1 aromatic carbocycles. The van der Waals surface area contributed by atoms with Crippen LogP contribution in [0.2, 0.25) is 0 Å². The average Bonchev–Trinajstić information content (AvgIpc) is 3.27. The van der Waals surface area contributed by atoms with E-state index in [1.54, 1.807) is 20.0 Å². The van der Waals surface area contributed by atoms with Crippen LogP contribution >= 0.6 is 0 Å². The minimum Gasteiger partial charge on any atom is -0.480 e. The quantitative estimate of drug-likeness (QED) is 0.169. The Morgan fingerprint density at radius 1 is 0.897 bits per heavy atom. The number of rotatable bonds is 15. The number of aromatic nitrogens is 1. The highest BCUT2D eigenvalue weighted by Crippen LogP contribution is 2.19. The Kier molecular flexibility index (Phi) is 11.5. The lowest BCUT2D eigenvalue weighted by atomic mass is 10.00. The molecule has 1 aromatic heterocycles. The van der Waals surface area contributed by atoms with E-state index in [4.69, 9.17) is 11.5 Å². The monoisotopic (exact) mass is 544 g/mol. The van der Waals surface area contributed by atoms with E-state index in [9.17, 15) is 29.1 Å². The maximum absolute atomic E-state index is 13.3. The highest BCUT2D eigenvalue weighted by atomic mass is 16.4. The van der Waals surface area contributed by atoms with E-state index in [1.165, 1.54) is 0 Å². The first-order valence-electron chi connectivity index (χ1n) is 13.0.